The summed E-state index contributed by atoms with van der Waals surface area (Å²) in [4.78, 5) is 0. The van der Waals surface area contributed by atoms with Gasteiger partial charge in [-0.25, -0.2) is 0 Å². The summed E-state index contributed by atoms with van der Waals surface area (Å²) >= 11 is 2.62. The molecule has 0 amide bonds. The van der Waals surface area contributed by atoms with Gasteiger partial charge in [-0.15, -0.1) is 0 Å². The molecule has 1 aromatic rings. The zero-order chi connectivity index (χ0) is 10.2. The van der Waals surface area contributed by atoms with Crippen LogP contribution in [0.2, 0.25) is 0 Å². The third-order valence-electron chi connectivity index (χ3n) is 1.45. The van der Waals surface area contributed by atoms with Crippen molar-refractivity contribution in [1.82, 2.24) is 0 Å². The first-order valence-corrected chi connectivity index (χ1v) is 3.97. The Morgan fingerprint density at radius 2 is 1.85 bits per heavy atom. The highest BCUT2D eigenvalue weighted by molar-refractivity contribution is 9.10. The number of halogens is 4. The van der Waals surface area contributed by atoms with Crippen LogP contribution in [-0.4, -0.2) is 5.11 Å². The second-order valence-corrected chi connectivity index (χ2v) is 3.16. The molecule has 0 bridgehead atoms. The second kappa shape index (κ2) is 3.10. The lowest BCUT2D eigenvalue weighted by atomic mass is 10.2. The van der Waals surface area contributed by atoms with Crippen molar-refractivity contribution >= 4 is 21.6 Å². The van der Waals surface area contributed by atoms with E-state index in [1.165, 1.54) is 0 Å². The number of phenolic OH excluding ortho intramolecular Hbond substituents is 1. The van der Waals surface area contributed by atoms with Crippen molar-refractivity contribution in [2.45, 2.75) is 6.18 Å². The van der Waals surface area contributed by atoms with Gasteiger partial charge in [0.15, 0.2) is 5.75 Å². The molecule has 0 fully saturated rings. The first-order valence-electron chi connectivity index (χ1n) is 3.18. The molecule has 72 valence electrons. The largest absolute Gasteiger partial charge is 0.505 e. The highest BCUT2D eigenvalue weighted by Gasteiger charge is 2.34. The van der Waals surface area contributed by atoms with E-state index in [0.717, 1.165) is 12.1 Å². The van der Waals surface area contributed by atoms with Crippen LogP contribution in [0.5, 0.6) is 5.75 Å². The molecule has 0 aromatic heterocycles. The van der Waals surface area contributed by atoms with E-state index in [1.807, 2.05) is 0 Å². The lowest BCUT2D eigenvalue weighted by Gasteiger charge is -2.10. The predicted molar refractivity (Wildman–Crippen MR) is 45.2 cm³/mol. The lowest BCUT2D eigenvalue weighted by Crippen LogP contribution is -2.06. The fraction of sp³-hybridized carbons (Fsp3) is 0.143. The van der Waals surface area contributed by atoms with Crippen molar-refractivity contribution in [1.29, 1.82) is 0 Å². The van der Waals surface area contributed by atoms with Crippen molar-refractivity contribution < 1.29 is 18.3 Å². The quantitative estimate of drug-likeness (QED) is 0.553. The van der Waals surface area contributed by atoms with Crippen molar-refractivity contribution in [3.63, 3.8) is 0 Å². The number of alkyl halides is 3. The maximum absolute atomic E-state index is 12.2. The van der Waals surface area contributed by atoms with Crippen molar-refractivity contribution in [2.24, 2.45) is 0 Å². The van der Waals surface area contributed by atoms with E-state index < -0.39 is 22.0 Å². The fourth-order valence-corrected chi connectivity index (χ4v) is 1.38. The summed E-state index contributed by atoms with van der Waals surface area (Å²) in [5.41, 5.74) is 4.14. The molecule has 2 nitrogen and oxygen atoms in total. The van der Waals surface area contributed by atoms with Gasteiger partial charge in [-0.1, -0.05) is 0 Å². The molecule has 0 atom stereocenters. The Morgan fingerprint density at radius 3 is 2.31 bits per heavy atom. The van der Waals surface area contributed by atoms with E-state index in [2.05, 4.69) is 15.9 Å². The monoisotopic (exact) mass is 255 g/mol. The van der Waals surface area contributed by atoms with Crippen molar-refractivity contribution in [2.75, 3.05) is 5.73 Å². The molecule has 0 aliphatic carbocycles. The maximum atomic E-state index is 12.2. The number of benzene rings is 1. The third-order valence-corrected chi connectivity index (χ3v) is 2.26. The van der Waals surface area contributed by atoms with E-state index in [0.29, 0.717) is 0 Å². The lowest BCUT2D eigenvalue weighted by molar-refractivity contribution is -0.138. The van der Waals surface area contributed by atoms with E-state index >= 15 is 0 Å². The minimum Gasteiger partial charge on any atom is -0.505 e. The molecule has 1 rings (SSSR count). The molecular weight excluding hydrogens is 251 g/mol. The van der Waals surface area contributed by atoms with Crippen LogP contribution >= 0.6 is 15.9 Å². The van der Waals surface area contributed by atoms with Gasteiger partial charge in [-0.2, -0.15) is 13.2 Å². The Kier molecular flexibility index (Phi) is 2.42. The van der Waals surface area contributed by atoms with E-state index in [1.54, 1.807) is 0 Å². The Labute approximate surface area is 80.3 Å². The van der Waals surface area contributed by atoms with E-state index in [4.69, 9.17) is 10.8 Å². The van der Waals surface area contributed by atoms with E-state index in [9.17, 15) is 13.2 Å². The summed E-state index contributed by atoms with van der Waals surface area (Å²) in [6.45, 7) is 0. The minimum atomic E-state index is -4.50. The smallest absolute Gasteiger partial charge is 0.417 e. The molecule has 0 saturated heterocycles. The number of anilines is 1. The van der Waals surface area contributed by atoms with Crippen LogP contribution in [0.25, 0.3) is 0 Å². The van der Waals surface area contributed by atoms with Gasteiger partial charge in [-0.05, 0) is 28.1 Å². The van der Waals surface area contributed by atoms with Crippen LogP contribution < -0.4 is 5.73 Å². The average Bonchev–Trinajstić information content (AvgIpc) is 1.98. The zero-order valence-corrected chi connectivity index (χ0v) is 7.78. The number of aromatic hydroxyl groups is 1. The summed E-state index contributed by atoms with van der Waals surface area (Å²) in [5.74, 6) is -0.588. The standard InChI is InChI=1S/C7H5BrF3NO/c8-5-3(7(9,10)11)1-2-4(12)6(5)13/h1-2,13H,12H2. The minimum absolute atomic E-state index is 0.0973. The molecule has 0 heterocycles. The highest BCUT2D eigenvalue weighted by Crippen LogP contribution is 2.41. The Balaban J connectivity index is 3.35. The summed E-state index contributed by atoms with van der Waals surface area (Å²) < 4.78 is 36.1. The predicted octanol–water partition coefficient (Wildman–Crippen LogP) is 2.76. The van der Waals surface area contributed by atoms with Gasteiger partial charge in [0, 0.05) is 0 Å². The molecule has 13 heavy (non-hydrogen) atoms. The summed E-state index contributed by atoms with van der Waals surface area (Å²) in [5, 5.41) is 9.08. The molecule has 0 aliphatic heterocycles. The summed E-state index contributed by atoms with van der Waals surface area (Å²) in [6, 6.07) is 1.81. The fourth-order valence-electron chi connectivity index (χ4n) is 0.798. The first-order chi connectivity index (χ1) is 5.84. The second-order valence-electron chi connectivity index (χ2n) is 2.36. The van der Waals surface area contributed by atoms with Gasteiger partial charge in [0.2, 0.25) is 0 Å². The van der Waals surface area contributed by atoms with Crippen LogP contribution in [0.15, 0.2) is 16.6 Å². The molecule has 0 saturated carbocycles. The Hall–Kier alpha value is -0.910. The van der Waals surface area contributed by atoms with Gasteiger partial charge < -0.3 is 10.8 Å². The number of hydrogen-bond donors (Lipinski definition) is 2. The van der Waals surface area contributed by atoms with Gasteiger partial charge in [0.25, 0.3) is 0 Å². The first kappa shape index (κ1) is 10.2. The molecular formula is C7H5BrF3NO. The number of phenols is 1. The van der Waals surface area contributed by atoms with Crippen LogP contribution in [-0.2, 0) is 6.18 Å². The highest BCUT2D eigenvalue weighted by atomic mass is 79.9. The number of nitrogens with two attached hydrogens (primary N) is 1. The molecule has 3 N–H and O–H groups in total. The van der Waals surface area contributed by atoms with Crippen LogP contribution in [0.4, 0.5) is 18.9 Å². The van der Waals surface area contributed by atoms with Crippen LogP contribution in [0.1, 0.15) is 5.56 Å². The average molecular weight is 256 g/mol. The molecule has 0 aliphatic rings. The Morgan fingerprint density at radius 1 is 1.31 bits per heavy atom. The summed E-state index contributed by atoms with van der Waals surface area (Å²) in [6.07, 6.45) is -4.50. The van der Waals surface area contributed by atoms with Crippen molar-refractivity contribution in [3.8, 4) is 5.75 Å². The zero-order valence-electron chi connectivity index (χ0n) is 6.19. The van der Waals surface area contributed by atoms with Gasteiger partial charge in [-0.3, -0.25) is 0 Å². The molecule has 6 heteroatoms. The Bertz CT molecular complexity index is 337. The van der Waals surface area contributed by atoms with Crippen LogP contribution in [0.3, 0.4) is 0 Å². The van der Waals surface area contributed by atoms with Crippen LogP contribution in [0, 0.1) is 0 Å². The molecule has 1 aromatic carbocycles. The van der Waals surface area contributed by atoms with Crippen molar-refractivity contribution in [3.05, 3.63) is 22.2 Å². The topological polar surface area (TPSA) is 46.2 Å². The van der Waals surface area contributed by atoms with Gasteiger partial charge in [0.1, 0.15) is 0 Å². The number of hydrogen-bond acceptors (Lipinski definition) is 2. The normalized spacial score (nSPS) is 11.7. The number of rotatable bonds is 0. The molecule has 0 spiro atoms. The van der Waals surface area contributed by atoms with Gasteiger partial charge >= 0.3 is 6.18 Å². The SMILES string of the molecule is Nc1ccc(C(F)(F)F)c(Br)c1O. The number of nitrogen functional groups attached to an aromatic ring is 1. The summed E-state index contributed by atoms with van der Waals surface area (Å²) in [7, 11) is 0. The maximum Gasteiger partial charge on any atom is 0.417 e. The van der Waals surface area contributed by atoms with Gasteiger partial charge in [0.05, 0.1) is 15.7 Å². The van der Waals surface area contributed by atoms with E-state index in [-0.39, 0.29) is 5.69 Å². The molecule has 0 unspecified atom stereocenters. The molecule has 0 radical (unpaired) electrons. The third kappa shape index (κ3) is 1.88.